The lowest BCUT2D eigenvalue weighted by Crippen LogP contribution is -2.43. The van der Waals surface area contributed by atoms with E-state index in [4.69, 9.17) is 9.47 Å². The molecule has 0 saturated carbocycles. The predicted octanol–water partition coefficient (Wildman–Crippen LogP) is 3.76. The molecule has 1 unspecified atom stereocenters. The number of nitrogens with one attached hydrogen (secondary N) is 1. The number of ether oxygens (including phenoxy) is 2. The highest BCUT2D eigenvalue weighted by atomic mass is 32.2. The fraction of sp³-hybridized carbons (Fsp3) is 0.304. The van der Waals surface area contributed by atoms with Crippen LogP contribution in [-0.2, 0) is 14.8 Å². The number of carbonyl (C=O) groups excluding carboxylic acids is 1. The molecule has 1 atom stereocenters. The van der Waals surface area contributed by atoms with Gasteiger partial charge in [0.1, 0.15) is 19.0 Å². The number of carbonyl (C=O) groups is 1. The molecular formula is C23H22FN3O5S2. The van der Waals surface area contributed by atoms with E-state index in [2.05, 4.69) is 10.3 Å². The van der Waals surface area contributed by atoms with Crippen LogP contribution >= 0.6 is 11.3 Å². The highest BCUT2D eigenvalue weighted by molar-refractivity contribution is 7.89. The summed E-state index contributed by atoms with van der Waals surface area (Å²) in [5.41, 5.74) is 1.54. The average Bonchev–Trinajstić information content (AvgIpc) is 3.32. The Balaban J connectivity index is 1.26. The van der Waals surface area contributed by atoms with Gasteiger partial charge in [-0.2, -0.15) is 4.31 Å². The molecule has 0 aliphatic carbocycles. The molecule has 5 rings (SSSR count). The fourth-order valence-corrected chi connectivity index (χ4v) is 6.25. The summed E-state index contributed by atoms with van der Waals surface area (Å²) in [6, 6.07) is 10.3. The van der Waals surface area contributed by atoms with Crippen molar-refractivity contribution in [2.24, 2.45) is 5.92 Å². The second kappa shape index (κ2) is 9.32. The van der Waals surface area contributed by atoms with E-state index in [9.17, 15) is 17.6 Å². The van der Waals surface area contributed by atoms with E-state index in [0.717, 1.165) is 17.7 Å². The number of nitrogens with zero attached hydrogens (tertiary/aromatic N) is 2. The van der Waals surface area contributed by atoms with Crippen molar-refractivity contribution in [3.63, 3.8) is 0 Å². The molecule has 2 aromatic carbocycles. The molecule has 3 aromatic rings. The highest BCUT2D eigenvalue weighted by Crippen LogP contribution is 2.35. The molecule has 34 heavy (non-hydrogen) atoms. The SMILES string of the molecule is O=C(Nc1nc(-c2ccc3c(c2)OCCO3)cs1)C1CCCN(S(=O)(=O)c2ccc(F)cc2)C1. The van der Waals surface area contributed by atoms with Crippen molar-refractivity contribution in [2.45, 2.75) is 17.7 Å². The maximum absolute atomic E-state index is 13.2. The van der Waals surface area contributed by atoms with Gasteiger partial charge in [-0.05, 0) is 55.3 Å². The zero-order valence-corrected chi connectivity index (χ0v) is 19.7. The van der Waals surface area contributed by atoms with Crippen molar-refractivity contribution in [3.05, 3.63) is 53.7 Å². The van der Waals surface area contributed by atoms with Gasteiger partial charge in [0, 0.05) is 24.0 Å². The molecular weight excluding hydrogens is 481 g/mol. The van der Waals surface area contributed by atoms with Crippen LogP contribution in [0.25, 0.3) is 11.3 Å². The zero-order chi connectivity index (χ0) is 23.7. The molecule has 1 aromatic heterocycles. The molecule has 2 aliphatic heterocycles. The number of amides is 1. The van der Waals surface area contributed by atoms with Crippen molar-refractivity contribution in [1.82, 2.24) is 9.29 Å². The second-order valence-corrected chi connectivity index (χ2v) is 10.8. The minimum Gasteiger partial charge on any atom is -0.486 e. The molecule has 0 bridgehead atoms. The van der Waals surface area contributed by atoms with Gasteiger partial charge in [0.15, 0.2) is 16.6 Å². The Kier molecular flexibility index (Phi) is 6.24. The van der Waals surface area contributed by atoms with E-state index in [0.29, 0.717) is 54.9 Å². The molecule has 11 heteroatoms. The Bertz CT molecular complexity index is 1310. The number of hydrogen-bond acceptors (Lipinski definition) is 7. The smallest absolute Gasteiger partial charge is 0.243 e. The van der Waals surface area contributed by atoms with Gasteiger partial charge in [-0.25, -0.2) is 17.8 Å². The summed E-state index contributed by atoms with van der Waals surface area (Å²) in [7, 11) is -3.81. The first kappa shape index (κ1) is 22.8. The minimum absolute atomic E-state index is 0.0129. The first-order valence-electron chi connectivity index (χ1n) is 10.8. The number of hydrogen-bond donors (Lipinski definition) is 1. The topological polar surface area (TPSA) is 97.8 Å². The van der Waals surface area contributed by atoms with Crippen LogP contribution in [0.2, 0.25) is 0 Å². The monoisotopic (exact) mass is 503 g/mol. The van der Waals surface area contributed by atoms with Crippen LogP contribution in [0.4, 0.5) is 9.52 Å². The van der Waals surface area contributed by atoms with Crippen LogP contribution in [0, 0.1) is 11.7 Å². The first-order chi connectivity index (χ1) is 16.4. The van der Waals surface area contributed by atoms with E-state index in [-0.39, 0.29) is 17.3 Å². The number of rotatable bonds is 5. The molecule has 2 aliphatic rings. The lowest BCUT2D eigenvalue weighted by Gasteiger charge is -2.31. The van der Waals surface area contributed by atoms with Crippen LogP contribution < -0.4 is 14.8 Å². The Hall–Kier alpha value is -3.02. The number of fused-ring (bicyclic) bond motifs is 1. The summed E-state index contributed by atoms with van der Waals surface area (Å²) < 4.78 is 51.5. The molecule has 1 fully saturated rings. The summed E-state index contributed by atoms with van der Waals surface area (Å²) in [5.74, 6) is 0.0600. The predicted molar refractivity (Wildman–Crippen MR) is 125 cm³/mol. The number of anilines is 1. The van der Waals surface area contributed by atoms with Gasteiger partial charge in [-0.3, -0.25) is 4.79 Å². The lowest BCUT2D eigenvalue weighted by molar-refractivity contribution is -0.120. The van der Waals surface area contributed by atoms with Crippen molar-refractivity contribution in [3.8, 4) is 22.8 Å². The Morgan fingerprint density at radius 1 is 1.12 bits per heavy atom. The normalized spacial score (nSPS) is 18.4. The molecule has 1 N–H and O–H groups in total. The van der Waals surface area contributed by atoms with Gasteiger partial charge in [-0.1, -0.05) is 0 Å². The van der Waals surface area contributed by atoms with Crippen LogP contribution in [0.5, 0.6) is 11.5 Å². The Morgan fingerprint density at radius 3 is 2.68 bits per heavy atom. The molecule has 3 heterocycles. The third kappa shape index (κ3) is 4.63. The van der Waals surface area contributed by atoms with Crippen molar-refractivity contribution in [1.29, 1.82) is 0 Å². The van der Waals surface area contributed by atoms with E-state index in [1.165, 1.54) is 27.8 Å². The van der Waals surface area contributed by atoms with Gasteiger partial charge < -0.3 is 14.8 Å². The maximum atomic E-state index is 13.2. The minimum atomic E-state index is -3.81. The molecule has 0 spiro atoms. The van der Waals surface area contributed by atoms with E-state index in [1.807, 2.05) is 23.6 Å². The van der Waals surface area contributed by atoms with Crippen molar-refractivity contribution in [2.75, 3.05) is 31.6 Å². The second-order valence-electron chi connectivity index (χ2n) is 8.04. The van der Waals surface area contributed by atoms with E-state index < -0.39 is 21.8 Å². The average molecular weight is 504 g/mol. The summed E-state index contributed by atoms with van der Waals surface area (Å²) in [6.45, 7) is 1.38. The van der Waals surface area contributed by atoms with Crippen molar-refractivity contribution >= 4 is 32.4 Å². The Labute approximate surface area is 200 Å². The van der Waals surface area contributed by atoms with Gasteiger partial charge in [-0.15, -0.1) is 11.3 Å². The zero-order valence-electron chi connectivity index (χ0n) is 18.1. The molecule has 8 nitrogen and oxygen atoms in total. The largest absolute Gasteiger partial charge is 0.486 e. The van der Waals surface area contributed by atoms with E-state index >= 15 is 0 Å². The third-order valence-electron chi connectivity index (χ3n) is 5.78. The first-order valence-corrected chi connectivity index (χ1v) is 13.1. The summed E-state index contributed by atoms with van der Waals surface area (Å²) >= 11 is 1.30. The Morgan fingerprint density at radius 2 is 1.88 bits per heavy atom. The van der Waals surface area contributed by atoms with E-state index in [1.54, 1.807) is 0 Å². The van der Waals surface area contributed by atoms with Gasteiger partial charge in [0.05, 0.1) is 16.5 Å². The van der Waals surface area contributed by atoms with Gasteiger partial charge in [0.2, 0.25) is 15.9 Å². The lowest BCUT2D eigenvalue weighted by atomic mass is 9.99. The number of halogens is 1. The molecule has 0 radical (unpaired) electrons. The van der Waals surface area contributed by atoms with Gasteiger partial charge >= 0.3 is 0 Å². The molecule has 178 valence electrons. The molecule has 1 saturated heterocycles. The quantitative estimate of drug-likeness (QED) is 0.570. The number of sulfonamides is 1. The van der Waals surface area contributed by atoms with Crippen LogP contribution in [0.15, 0.2) is 52.7 Å². The standard InChI is InChI=1S/C23H22FN3O5S2/c24-17-4-6-18(7-5-17)34(29,30)27-9-1-2-16(13-27)22(28)26-23-25-19(14-33-23)15-3-8-20-21(12-15)32-11-10-31-20/h3-8,12,14,16H,1-2,9-11,13H2,(H,25,26,28). The summed E-state index contributed by atoms with van der Waals surface area (Å²) in [5, 5.41) is 5.10. The van der Waals surface area contributed by atoms with Gasteiger partial charge in [0.25, 0.3) is 0 Å². The summed E-state index contributed by atoms with van der Waals surface area (Å²) in [6.07, 6.45) is 1.13. The number of benzene rings is 2. The number of aromatic nitrogens is 1. The van der Waals surface area contributed by atoms with Crippen LogP contribution in [-0.4, -0.2) is 49.9 Å². The van der Waals surface area contributed by atoms with Crippen LogP contribution in [0.3, 0.4) is 0 Å². The maximum Gasteiger partial charge on any atom is 0.243 e. The molecule has 1 amide bonds. The van der Waals surface area contributed by atoms with Crippen LogP contribution in [0.1, 0.15) is 12.8 Å². The highest BCUT2D eigenvalue weighted by Gasteiger charge is 2.33. The fourth-order valence-electron chi connectivity index (χ4n) is 4.00. The summed E-state index contributed by atoms with van der Waals surface area (Å²) in [4.78, 5) is 17.4. The number of piperidine rings is 1. The third-order valence-corrected chi connectivity index (χ3v) is 8.42. The van der Waals surface area contributed by atoms with Crippen molar-refractivity contribution < 1.29 is 27.1 Å². The number of thiazole rings is 1.